The number of nitrogens with one attached hydrogen (secondary N) is 1. The minimum Gasteiger partial charge on any atom is -0.367 e. The Morgan fingerprint density at radius 2 is 1.69 bits per heavy atom. The number of rotatable bonds is 9. The average Bonchev–Trinajstić information content (AvgIpc) is 3.49. The van der Waals surface area contributed by atoms with Crippen LogP contribution in [0, 0.1) is 27.7 Å². The fraction of sp³-hybridized carbons (Fsp3) is 0.588. The van der Waals surface area contributed by atoms with E-state index in [1.165, 1.54) is 34.0 Å². The fourth-order valence-corrected chi connectivity index (χ4v) is 9.42. The fourth-order valence-electron chi connectivity index (χ4n) is 7.34. The number of benzene rings is 1. The standard InChI is InChI=1S/C34H46F3N7O2S2/c1-21-17-28-23(3)26(7-8-29(28)44(21)19-22(2)42-13-15-43(16-14-42)48(6,45)46)20-41-11-9-27(10-12-41)40-32-31-24(4)30(18-34(35,36)37)47-33(31)39-25(5)38-32/h7-8,17,22,27H,9-16,18-20H2,1-6H3,(H,38,39,40)/t22-/m0/s1. The number of thiophene rings is 1. The molecule has 2 aliphatic heterocycles. The number of sulfonamides is 1. The van der Waals surface area contributed by atoms with Crippen molar-refractivity contribution in [3.05, 3.63) is 51.3 Å². The number of alkyl halides is 3. The van der Waals surface area contributed by atoms with E-state index in [-0.39, 0.29) is 12.1 Å². The molecule has 48 heavy (non-hydrogen) atoms. The van der Waals surface area contributed by atoms with Crippen LogP contribution in [0.2, 0.25) is 0 Å². The van der Waals surface area contributed by atoms with Gasteiger partial charge in [-0.3, -0.25) is 9.80 Å². The van der Waals surface area contributed by atoms with Gasteiger partial charge in [0.1, 0.15) is 16.5 Å². The van der Waals surface area contributed by atoms with Crippen molar-refractivity contribution in [3.63, 3.8) is 0 Å². The number of likely N-dealkylation sites (tertiary alicyclic amines) is 1. The van der Waals surface area contributed by atoms with Crippen LogP contribution in [0.3, 0.4) is 0 Å². The molecule has 2 aliphatic rings. The Bertz CT molecular complexity index is 1910. The molecule has 6 rings (SSSR count). The molecule has 4 aromatic rings. The van der Waals surface area contributed by atoms with E-state index in [9.17, 15) is 21.6 Å². The molecule has 0 spiro atoms. The number of hydrogen-bond acceptors (Lipinski definition) is 8. The van der Waals surface area contributed by atoms with Crippen molar-refractivity contribution in [1.82, 2.24) is 28.6 Å². The van der Waals surface area contributed by atoms with Crippen LogP contribution in [0.5, 0.6) is 0 Å². The normalized spacial score (nSPS) is 18.7. The maximum atomic E-state index is 13.2. The maximum absolute atomic E-state index is 13.2. The number of piperazine rings is 1. The van der Waals surface area contributed by atoms with E-state index in [0.29, 0.717) is 45.4 Å². The largest absolute Gasteiger partial charge is 0.393 e. The predicted molar refractivity (Wildman–Crippen MR) is 187 cm³/mol. The Morgan fingerprint density at radius 1 is 1.00 bits per heavy atom. The summed E-state index contributed by atoms with van der Waals surface area (Å²) in [5.41, 5.74) is 5.68. The smallest absolute Gasteiger partial charge is 0.367 e. The molecule has 5 heterocycles. The third-order valence-corrected chi connectivity index (χ3v) is 12.7. The van der Waals surface area contributed by atoms with E-state index in [4.69, 9.17) is 0 Å². The van der Waals surface area contributed by atoms with Crippen LogP contribution in [-0.2, 0) is 29.5 Å². The van der Waals surface area contributed by atoms with E-state index in [2.05, 4.69) is 68.6 Å². The van der Waals surface area contributed by atoms with Gasteiger partial charge in [0, 0.05) is 85.9 Å². The zero-order chi connectivity index (χ0) is 34.5. The molecule has 1 N–H and O–H groups in total. The van der Waals surface area contributed by atoms with Gasteiger partial charge in [-0.2, -0.15) is 17.5 Å². The predicted octanol–water partition coefficient (Wildman–Crippen LogP) is 6.03. The second kappa shape index (κ2) is 13.5. The van der Waals surface area contributed by atoms with Crippen molar-refractivity contribution in [2.45, 2.75) is 85.2 Å². The van der Waals surface area contributed by atoms with Crippen molar-refractivity contribution in [2.75, 3.05) is 50.8 Å². The van der Waals surface area contributed by atoms with Gasteiger partial charge in [-0.15, -0.1) is 11.3 Å². The molecule has 9 nitrogen and oxygen atoms in total. The lowest BCUT2D eigenvalue weighted by molar-refractivity contribution is -0.126. The van der Waals surface area contributed by atoms with Crippen LogP contribution in [0.4, 0.5) is 19.0 Å². The number of nitrogens with zero attached hydrogens (tertiary/aromatic N) is 6. The lowest BCUT2D eigenvalue weighted by Crippen LogP contribution is -2.51. The highest BCUT2D eigenvalue weighted by molar-refractivity contribution is 7.88. The number of halogens is 3. The molecule has 2 fully saturated rings. The summed E-state index contributed by atoms with van der Waals surface area (Å²) in [6.45, 7) is 16.2. The van der Waals surface area contributed by atoms with E-state index in [1.807, 2.05) is 0 Å². The number of hydrogen-bond donors (Lipinski definition) is 1. The van der Waals surface area contributed by atoms with Crippen LogP contribution in [0.25, 0.3) is 21.1 Å². The molecule has 0 radical (unpaired) electrons. The molecule has 14 heteroatoms. The second-order valence-electron chi connectivity index (χ2n) is 13.7. The molecule has 0 aliphatic carbocycles. The minimum absolute atomic E-state index is 0.181. The molecule has 0 saturated carbocycles. The maximum Gasteiger partial charge on any atom is 0.393 e. The van der Waals surface area contributed by atoms with Gasteiger partial charge in [-0.1, -0.05) is 6.07 Å². The first-order valence-corrected chi connectivity index (χ1v) is 19.3. The van der Waals surface area contributed by atoms with E-state index >= 15 is 0 Å². The van der Waals surface area contributed by atoms with E-state index in [0.717, 1.165) is 63.4 Å². The lowest BCUT2D eigenvalue weighted by Gasteiger charge is -2.37. The average molecular weight is 706 g/mol. The zero-order valence-corrected chi connectivity index (χ0v) is 30.2. The minimum atomic E-state index is -4.26. The molecular formula is C34H46F3N7O2S2. The molecule has 262 valence electrons. The van der Waals surface area contributed by atoms with Crippen LogP contribution < -0.4 is 5.32 Å². The van der Waals surface area contributed by atoms with Gasteiger partial charge in [0.15, 0.2) is 0 Å². The summed E-state index contributed by atoms with van der Waals surface area (Å²) in [7, 11) is -3.15. The van der Waals surface area contributed by atoms with Crippen molar-refractivity contribution in [2.24, 2.45) is 0 Å². The monoisotopic (exact) mass is 705 g/mol. The van der Waals surface area contributed by atoms with Crippen molar-refractivity contribution in [3.8, 4) is 0 Å². The number of aromatic nitrogens is 3. The number of aryl methyl sites for hydroxylation is 4. The van der Waals surface area contributed by atoms with Gasteiger partial charge in [0.05, 0.1) is 18.1 Å². The molecule has 3 aromatic heterocycles. The topological polar surface area (TPSA) is 86.6 Å². The van der Waals surface area contributed by atoms with Crippen LogP contribution in [0.15, 0.2) is 18.2 Å². The van der Waals surface area contributed by atoms with Crippen molar-refractivity contribution < 1.29 is 21.6 Å². The molecule has 0 unspecified atom stereocenters. The van der Waals surface area contributed by atoms with Crippen LogP contribution in [-0.4, -0.2) is 101 Å². The molecule has 2 saturated heterocycles. The first-order valence-electron chi connectivity index (χ1n) is 16.7. The van der Waals surface area contributed by atoms with E-state index < -0.39 is 22.6 Å². The number of anilines is 1. The van der Waals surface area contributed by atoms with Gasteiger partial charge < -0.3 is 9.88 Å². The third-order valence-electron chi connectivity index (χ3n) is 10.2. The number of piperidine rings is 1. The summed E-state index contributed by atoms with van der Waals surface area (Å²) < 4.78 is 67.4. The summed E-state index contributed by atoms with van der Waals surface area (Å²) in [6.07, 6.45) is -2.10. The summed E-state index contributed by atoms with van der Waals surface area (Å²) in [5.74, 6) is 1.20. The van der Waals surface area contributed by atoms with Gasteiger partial charge in [0.2, 0.25) is 10.0 Å². The van der Waals surface area contributed by atoms with Crippen LogP contribution in [0.1, 0.15) is 52.9 Å². The highest BCUT2D eigenvalue weighted by Crippen LogP contribution is 2.38. The Labute approximate surface area is 285 Å². The SMILES string of the molecule is Cc1nc(NC2CCN(Cc3ccc4c(cc(C)n4C[C@H](C)N4CCN(S(C)(=O)=O)CC4)c3C)CC2)c2c(C)c(CC(F)(F)F)sc2n1. The Balaban J connectivity index is 1.09. The molecule has 1 aromatic carbocycles. The second-order valence-corrected chi connectivity index (χ2v) is 16.7. The summed E-state index contributed by atoms with van der Waals surface area (Å²) in [5, 5.41) is 5.55. The Kier molecular flexibility index (Phi) is 9.86. The summed E-state index contributed by atoms with van der Waals surface area (Å²) in [6, 6.07) is 7.25. The summed E-state index contributed by atoms with van der Waals surface area (Å²) >= 11 is 1.11. The Hall–Kier alpha value is -2.78. The van der Waals surface area contributed by atoms with Gasteiger partial charge >= 0.3 is 6.18 Å². The highest BCUT2D eigenvalue weighted by atomic mass is 32.2. The lowest BCUT2D eigenvalue weighted by atomic mass is 10.0. The molecule has 0 bridgehead atoms. The third kappa shape index (κ3) is 7.52. The molecular weight excluding hydrogens is 660 g/mol. The summed E-state index contributed by atoms with van der Waals surface area (Å²) in [4.78, 5) is 14.8. The highest BCUT2D eigenvalue weighted by Gasteiger charge is 2.31. The zero-order valence-electron chi connectivity index (χ0n) is 28.6. The Morgan fingerprint density at radius 3 is 2.33 bits per heavy atom. The quantitative estimate of drug-likeness (QED) is 0.228. The van der Waals surface area contributed by atoms with Crippen molar-refractivity contribution >= 4 is 48.3 Å². The van der Waals surface area contributed by atoms with Crippen molar-refractivity contribution in [1.29, 1.82) is 0 Å². The van der Waals surface area contributed by atoms with E-state index in [1.54, 1.807) is 18.2 Å². The molecule has 1 atom stereocenters. The van der Waals surface area contributed by atoms with Gasteiger partial charge in [-0.25, -0.2) is 18.4 Å². The first-order chi connectivity index (χ1) is 22.6. The first kappa shape index (κ1) is 35.1. The molecule has 0 amide bonds. The van der Waals surface area contributed by atoms with Gasteiger partial charge in [-0.05, 0) is 76.3 Å². The van der Waals surface area contributed by atoms with Crippen LogP contribution >= 0.6 is 11.3 Å². The van der Waals surface area contributed by atoms with Gasteiger partial charge in [0.25, 0.3) is 0 Å². The number of fused-ring (bicyclic) bond motifs is 2.